The van der Waals surface area contributed by atoms with Gasteiger partial charge >= 0.3 is 5.69 Å². The maximum atomic E-state index is 13.9. The topological polar surface area (TPSA) is 122 Å². The second-order valence-electron chi connectivity index (χ2n) is 5.82. The van der Waals surface area contributed by atoms with Crippen molar-refractivity contribution in [3.8, 4) is 0 Å². The SMILES string of the molecule is Cc1ccccc1C(=O)NNc1ncnc(Nc2cc(F)ccc2F)c1[N+](=O)[O-]. The molecule has 0 aliphatic carbocycles. The molecule has 3 aromatic rings. The Hall–Kier alpha value is -4.15. The van der Waals surface area contributed by atoms with Gasteiger partial charge in [0.1, 0.15) is 18.0 Å². The van der Waals surface area contributed by atoms with Crippen LogP contribution in [0.4, 0.5) is 31.8 Å². The number of hydrogen-bond acceptors (Lipinski definition) is 7. The van der Waals surface area contributed by atoms with Crippen LogP contribution >= 0.6 is 0 Å². The maximum absolute atomic E-state index is 13.9. The fraction of sp³-hybridized carbons (Fsp3) is 0.0556. The fourth-order valence-electron chi connectivity index (χ4n) is 2.47. The molecule has 29 heavy (non-hydrogen) atoms. The van der Waals surface area contributed by atoms with E-state index >= 15 is 0 Å². The van der Waals surface area contributed by atoms with Crippen LogP contribution in [-0.4, -0.2) is 20.8 Å². The third-order valence-electron chi connectivity index (χ3n) is 3.87. The molecule has 1 heterocycles. The molecule has 0 unspecified atom stereocenters. The van der Waals surface area contributed by atoms with Crippen LogP contribution in [-0.2, 0) is 0 Å². The van der Waals surface area contributed by atoms with E-state index in [0.717, 1.165) is 24.5 Å². The van der Waals surface area contributed by atoms with E-state index in [2.05, 4.69) is 26.1 Å². The number of hydrogen-bond donors (Lipinski definition) is 3. The van der Waals surface area contributed by atoms with Crippen molar-refractivity contribution in [3.63, 3.8) is 0 Å². The number of hydrazine groups is 1. The average molecular weight is 400 g/mol. The van der Waals surface area contributed by atoms with E-state index in [1.165, 1.54) is 0 Å². The molecule has 0 aliphatic heterocycles. The van der Waals surface area contributed by atoms with Crippen LogP contribution < -0.4 is 16.2 Å². The molecule has 1 aromatic heterocycles. The summed E-state index contributed by atoms with van der Waals surface area (Å²) in [4.78, 5) is 30.4. The summed E-state index contributed by atoms with van der Waals surface area (Å²) in [5.41, 5.74) is 4.74. The molecule has 0 aliphatic rings. The minimum atomic E-state index is -0.832. The molecule has 0 saturated carbocycles. The Morgan fingerprint density at radius 3 is 2.55 bits per heavy atom. The molecule has 0 fully saturated rings. The number of aromatic nitrogens is 2. The van der Waals surface area contributed by atoms with Crippen LogP contribution in [0.25, 0.3) is 0 Å². The Morgan fingerprint density at radius 1 is 1.10 bits per heavy atom. The summed E-state index contributed by atoms with van der Waals surface area (Å²) in [7, 11) is 0. The second kappa shape index (κ2) is 8.25. The first-order chi connectivity index (χ1) is 13.9. The molecule has 3 rings (SSSR count). The van der Waals surface area contributed by atoms with Gasteiger partial charge < -0.3 is 5.32 Å². The zero-order valence-corrected chi connectivity index (χ0v) is 14.9. The van der Waals surface area contributed by atoms with Gasteiger partial charge in [0.15, 0.2) is 0 Å². The Labute approximate surface area is 162 Å². The molecule has 0 saturated heterocycles. The Bertz CT molecular complexity index is 1090. The first-order valence-electron chi connectivity index (χ1n) is 8.20. The molecule has 0 atom stereocenters. The molecule has 0 radical (unpaired) electrons. The Morgan fingerprint density at radius 2 is 1.83 bits per heavy atom. The summed E-state index contributed by atoms with van der Waals surface area (Å²) < 4.78 is 27.2. The minimum absolute atomic E-state index is 0.341. The van der Waals surface area contributed by atoms with Gasteiger partial charge in [-0.25, -0.2) is 18.7 Å². The largest absolute Gasteiger partial charge is 0.355 e. The Kier molecular flexibility index (Phi) is 5.58. The normalized spacial score (nSPS) is 10.3. The zero-order chi connectivity index (χ0) is 21.0. The number of amides is 1. The van der Waals surface area contributed by atoms with Crippen molar-refractivity contribution in [2.45, 2.75) is 6.92 Å². The smallest absolute Gasteiger partial charge is 0.332 e. The molecule has 148 valence electrons. The van der Waals surface area contributed by atoms with E-state index in [1.807, 2.05) is 0 Å². The minimum Gasteiger partial charge on any atom is -0.332 e. The molecule has 0 spiro atoms. The fourth-order valence-corrected chi connectivity index (χ4v) is 2.47. The van der Waals surface area contributed by atoms with E-state index < -0.39 is 28.2 Å². The van der Waals surface area contributed by atoms with Crippen molar-refractivity contribution < 1.29 is 18.5 Å². The van der Waals surface area contributed by atoms with Crippen molar-refractivity contribution in [3.05, 3.63) is 81.7 Å². The molecular weight excluding hydrogens is 386 g/mol. The standard InChI is InChI=1S/C18H14F2N6O3/c1-10-4-2-3-5-12(10)18(27)25-24-17-15(26(28)29)16(21-9-22-17)23-14-8-11(19)6-7-13(14)20/h2-9H,1H3,(H,25,27)(H2,21,22,23,24). The number of nitrogens with one attached hydrogen (secondary N) is 3. The third-order valence-corrected chi connectivity index (χ3v) is 3.87. The van der Waals surface area contributed by atoms with Crippen molar-refractivity contribution in [1.29, 1.82) is 0 Å². The van der Waals surface area contributed by atoms with Crippen molar-refractivity contribution >= 4 is 28.9 Å². The molecule has 11 heteroatoms. The van der Waals surface area contributed by atoms with Crippen LogP contribution in [0.2, 0.25) is 0 Å². The average Bonchev–Trinajstić information content (AvgIpc) is 2.69. The molecular formula is C18H14F2N6O3. The quantitative estimate of drug-likeness (QED) is 0.428. The van der Waals surface area contributed by atoms with E-state index in [9.17, 15) is 23.7 Å². The van der Waals surface area contributed by atoms with Gasteiger partial charge in [0.25, 0.3) is 5.91 Å². The van der Waals surface area contributed by atoms with Crippen molar-refractivity contribution in [2.24, 2.45) is 0 Å². The highest BCUT2D eigenvalue weighted by molar-refractivity contribution is 5.96. The number of rotatable bonds is 6. The van der Waals surface area contributed by atoms with Crippen molar-refractivity contribution in [2.75, 3.05) is 10.7 Å². The monoisotopic (exact) mass is 400 g/mol. The highest BCUT2D eigenvalue weighted by atomic mass is 19.1. The summed E-state index contributed by atoms with van der Waals surface area (Å²) in [6.45, 7) is 1.73. The lowest BCUT2D eigenvalue weighted by Crippen LogP contribution is -2.30. The highest BCUT2D eigenvalue weighted by Gasteiger charge is 2.24. The number of nitrogens with zero attached hydrogens (tertiary/aromatic N) is 3. The summed E-state index contributed by atoms with van der Waals surface area (Å²) in [6.07, 6.45) is 0.967. The number of halogens is 2. The summed E-state index contributed by atoms with van der Waals surface area (Å²) in [5.74, 6) is -2.84. The molecule has 0 bridgehead atoms. The number of anilines is 3. The van der Waals surface area contributed by atoms with Crippen molar-refractivity contribution in [1.82, 2.24) is 15.4 Å². The third kappa shape index (κ3) is 4.40. The van der Waals surface area contributed by atoms with Gasteiger partial charge in [0.2, 0.25) is 11.6 Å². The van der Waals surface area contributed by atoms with Crippen LogP contribution in [0, 0.1) is 28.7 Å². The summed E-state index contributed by atoms with van der Waals surface area (Å²) >= 11 is 0. The van der Waals surface area contributed by atoms with Gasteiger partial charge in [-0.05, 0) is 30.7 Å². The van der Waals surface area contributed by atoms with E-state index in [-0.39, 0.29) is 17.3 Å². The lowest BCUT2D eigenvalue weighted by Gasteiger charge is -2.12. The van der Waals surface area contributed by atoms with Gasteiger partial charge in [0, 0.05) is 11.6 Å². The first kappa shape index (κ1) is 19.6. The first-order valence-corrected chi connectivity index (χ1v) is 8.20. The summed E-state index contributed by atoms with van der Waals surface area (Å²) in [6, 6.07) is 9.35. The Balaban J connectivity index is 1.87. The predicted molar refractivity (Wildman–Crippen MR) is 101 cm³/mol. The van der Waals surface area contributed by atoms with E-state index in [1.54, 1.807) is 31.2 Å². The lowest BCUT2D eigenvalue weighted by molar-refractivity contribution is -0.383. The molecule has 1 amide bonds. The van der Waals surface area contributed by atoms with Gasteiger partial charge in [-0.2, -0.15) is 0 Å². The molecule has 3 N–H and O–H groups in total. The number of nitro groups is 1. The van der Waals surface area contributed by atoms with E-state index in [0.29, 0.717) is 11.1 Å². The number of carbonyl (C=O) groups is 1. The maximum Gasteiger partial charge on any atom is 0.355 e. The zero-order valence-electron chi connectivity index (χ0n) is 14.9. The van der Waals surface area contributed by atoms with E-state index in [4.69, 9.17) is 0 Å². The molecule has 9 nitrogen and oxygen atoms in total. The number of benzene rings is 2. The van der Waals surface area contributed by atoms with Crippen LogP contribution in [0.1, 0.15) is 15.9 Å². The predicted octanol–water partition coefficient (Wildman–Crippen LogP) is 3.47. The van der Waals surface area contributed by atoms with Gasteiger partial charge in [0.05, 0.1) is 10.6 Å². The number of aryl methyl sites for hydroxylation is 1. The lowest BCUT2D eigenvalue weighted by atomic mass is 10.1. The second-order valence-corrected chi connectivity index (χ2v) is 5.82. The highest BCUT2D eigenvalue weighted by Crippen LogP contribution is 2.31. The van der Waals surface area contributed by atoms with Crippen LogP contribution in [0.5, 0.6) is 0 Å². The summed E-state index contributed by atoms with van der Waals surface area (Å²) in [5, 5.41) is 13.9. The van der Waals surface area contributed by atoms with Gasteiger partial charge in [-0.15, -0.1) is 0 Å². The van der Waals surface area contributed by atoms with Crippen LogP contribution in [0.15, 0.2) is 48.8 Å². The van der Waals surface area contributed by atoms with Gasteiger partial charge in [-0.3, -0.25) is 25.8 Å². The van der Waals surface area contributed by atoms with Gasteiger partial charge in [-0.1, -0.05) is 18.2 Å². The molecule has 2 aromatic carbocycles. The number of carbonyl (C=O) groups excluding carboxylic acids is 1. The van der Waals surface area contributed by atoms with Crippen LogP contribution in [0.3, 0.4) is 0 Å².